The van der Waals surface area contributed by atoms with E-state index in [9.17, 15) is 18.4 Å². The van der Waals surface area contributed by atoms with Crippen molar-refractivity contribution in [2.75, 3.05) is 7.11 Å². The van der Waals surface area contributed by atoms with E-state index in [2.05, 4.69) is 10.7 Å². The van der Waals surface area contributed by atoms with Gasteiger partial charge in [0, 0.05) is 0 Å². The molecule has 126 valence electrons. The normalized spacial score (nSPS) is 24.4. The molecule has 1 aliphatic carbocycles. The maximum atomic E-state index is 13.7. The first kappa shape index (κ1) is 18.9. The first-order valence-electron chi connectivity index (χ1n) is 7.18. The minimum absolute atomic E-state index is 0.409. The van der Waals surface area contributed by atoms with E-state index < -0.39 is 46.9 Å². The van der Waals surface area contributed by atoms with Gasteiger partial charge in [0.15, 0.2) is 0 Å². The monoisotopic (exact) mass is 326 g/mol. The van der Waals surface area contributed by atoms with Crippen molar-refractivity contribution in [2.24, 2.45) is 17.3 Å². The molecular weight excluding hydrogens is 306 g/mol. The number of carbonyl (C=O) groups excluding carboxylic acids is 2. The number of allylic oxidation sites excluding steroid dienone is 2. The smallest absolute Gasteiger partial charge is 0.366 e. The number of rotatable bonds is 6. The molecule has 0 aromatic carbocycles. The second-order valence-corrected chi connectivity index (χ2v) is 5.81. The van der Waals surface area contributed by atoms with E-state index in [0.717, 1.165) is 13.2 Å². The fourth-order valence-electron chi connectivity index (χ4n) is 2.42. The quantitative estimate of drug-likeness (QED) is 0.428. The summed E-state index contributed by atoms with van der Waals surface area (Å²) in [4.78, 5) is 23.2. The van der Waals surface area contributed by atoms with Crippen molar-refractivity contribution in [3.8, 4) is 12.3 Å². The molecule has 1 aliphatic rings. The molecule has 0 aromatic rings. The van der Waals surface area contributed by atoms with Crippen molar-refractivity contribution >= 4 is 11.9 Å². The van der Waals surface area contributed by atoms with Crippen LogP contribution in [0.5, 0.6) is 0 Å². The van der Waals surface area contributed by atoms with Gasteiger partial charge in [-0.15, -0.1) is 6.42 Å². The van der Waals surface area contributed by atoms with Gasteiger partial charge in [0.05, 0.1) is 13.0 Å². The average molecular weight is 326 g/mol. The first-order valence-corrected chi connectivity index (χ1v) is 7.18. The molecule has 0 spiro atoms. The van der Waals surface area contributed by atoms with Gasteiger partial charge in [0.2, 0.25) is 11.9 Å². The minimum Gasteiger partial charge on any atom is -0.464 e. The molecule has 0 aliphatic heterocycles. The average Bonchev–Trinajstić information content (AvgIpc) is 3.04. The summed E-state index contributed by atoms with van der Waals surface area (Å²) in [6.07, 6.45) is 6.44. The number of methoxy groups -OCH3 is 1. The lowest BCUT2D eigenvalue weighted by molar-refractivity contribution is -0.148. The van der Waals surface area contributed by atoms with Crippen molar-refractivity contribution in [1.29, 1.82) is 0 Å². The maximum Gasteiger partial charge on any atom is 0.366 e. The number of carbonyl (C=O) groups is 2. The van der Waals surface area contributed by atoms with Crippen LogP contribution < -0.4 is 0 Å². The lowest BCUT2D eigenvalue weighted by Gasteiger charge is -2.11. The highest BCUT2D eigenvalue weighted by molar-refractivity contribution is 5.86. The molecule has 0 N–H and O–H groups in total. The zero-order chi connectivity index (χ0) is 17.8. The topological polar surface area (TPSA) is 52.6 Å². The van der Waals surface area contributed by atoms with E-state index in [4.69, 9.17) is 11.2 Å². The van der Waals surface area contributed by atoms with Crippen LogP contribution in [0.2, 0.25) is 0 Å². The van der Waals surface area contributed by atoms with Crippen molar-refractivity contribution in [3.63, 3.8) is 0 Å². The lowest BCUT2D eigenvalue weighted by Crippen LogP contribution is -2.20. The van der Waals surface area contributed by atoms with Gasteiger partial charge in [-0.2, -0.15) is 4.39 Å². The van der Waals surface area contributed by atoms with Gasteiger partial charge < -0.3 is 9.47 Å². The summed E-state index contributed by atoms with van der Waals surface area (Å²) >= 11 is 0. The van der Waals surface area contributed by atoms with Crippen LogP contribution in [-0.4, -0.2) is 25.2 Å². The van der Waals surface area contributed by atoms with E-state index in [1.165, 1.54) is 6.08 Å². The second kappa shape index (κ2) is 7.40. The third-order valence-electron chi connectivity index (χ3n) is 3.91. The zero-order valence-electron chi connectivity index (χ0n) is 13.6. The van der Waals surface area contributed by atoms with E-state index in [1.807, 2.05) is 0 Å². The van der Waals surface area contributed by atoms with Crippen LogP contribution in [0.4, 0.5) is 8.78 Å². The Bertz CT molecular complexity index is 584. The minimum atomic E-state index is -1.39. The Labute approximate surface area is 134 Å². The van der Waals surface area contributed by atoms with Crippen molar-refractivity contribution < 1.29 is 27.8 Å². The third-order valence-corrected chi connectivity index (χ3v) is 3.91. The number of esters is 2. The number of ether oxygens (including phenoxy) is 2. The molecule has 6 heteroatoms. The summed E-state index contributed by atoms with van der Waals surface area (Å²) < 4.78 is 36.5. The highest BCUT2D eigenvalue weighted by Crippen LogP contribution is 2.60. The van der Waals surface area contributed by atoms with Crippen molar-refractivity contribution in [2.45, 2.75) is 33.3 Å². The summed E-state index contributed by atoms with van der Waals surface area (Å²) in [5.41, 5.74) is -0.619. The molecule has 3 unspecified atom stereocenters. The molecular formula is C17H20F2O4. The Morgan fingerprint density at radius 2 is 2.00 bits per heavy atom. The first-order chi connectivity index (χ1) is 10.7. The predicted octanol–water partition coefficient (Wildman–Crippen LogP) is 3.09. The molecule has 4 nitrogen and oxygen atoms in total. The largest absolute Gasteiger partial charge is 0.464 e. The summed E-state index contributed by atoms with van der Waals surface area (Å²) in [6, 6.07) is 0. The SMILES string of the molecule is C#CC(OC(=O)C1C(/C=C(\F)C(=O)OC)C1(C)C)/C(F)=C/CC. The summed E-state index contributed by atoms with van der Waals surface area (Å²) in [6.45, 7) is 5.15. The highest BCUT2D eigenvalue weighted by Gasteiger charge is 2.62. The van der Waals surface area contributed by atoms with E-state index in [-0.39, 0.29) is 0 Å². The fraction of sp³-hybridized carbons (Fsp3) is 0.529. The molecule has 1 saturated carbocycles. The van der Waals surface area contributed by atoms with Gasteiger partial charge in [-0.05, 0) is 29.9 Å². The molecule has 0 radical (unpaired) electrons. The van der Waals surface area contributed by atoms with Gasteiger partial charge in [-0.25, -0.2) is 9.18 Å². The van der Waals surface area contributed by atoms with Crippen LogP contribution >= 0.6 is 0 Å². The van der Waals surface area contributed by atoms with Gasteiger partial charge in [-0.1, -0.05) is 26.7 Å². The number of hydrogen-bond donors (Lipinski definition) is 0. The van der Waals surface area contributed by atoms with Gasteiger partial charge >= 0.3 is 11.9 Å². The van der Waals surface area contributed by atoms with Crippen LogP contribution in [0.15, 0.2) is 23.8 Å². The number of hydrogen-bond acceptors (Lipinski definition) is 4. The number of terminal acetylenes is 1. The Hall–Kier alpha value is -2.16. The third kappa shape index (κ3) is 4.19. The van der Waals surface area contributed by atoms with Crippen LogP contribution in [0, 0.1) is 29.6 Å². The van der Waals surface area contributed by atoms with E-state index in [0.29, 0.717) is 6.42 Å². The van der Waals surface area contributed by atoms with Crippen LogP contribution in [-0.2, 0) is 19.1 Å². The molecule has 23 heavy (non-hydrogen) atoms. The molecule has 3 atom stereocenters. The molecule has 0 bridgehead atoms. The summed E-state index contributed by atoms with van der Waals surface area (Å²) in [5, 5.41) is 0. The molecule has 1 rings (SSSR count). The van der Waals surface area contributed by atoms with Crippen LogP contribution in [0.1, 0.15) is 27.2 Å². The Morgan fingerprint density at radius 3 is 2.48 bits per heavy atom. The van der Waals surface area contributed by atoms with Crippen LogP contribution in [0.3, 0.4) is 0 Å². The van der Waals surface area contributed by atoms with Gasteiger partial charge in [0.25, 0.3) is 0 Å². The Balaban J connectivity index is 2.83. The Kier molecular flexibility index (Phi) is 6.08. The fourth-order valence-corrected chi connectivity index (χ4v) is 2.42. The zero-order valence-corrected chi connectivity index (χ0v) is 13.6. The predicted molar refractivity (Wildman–Crippen MR) is 80.2 cm³/mol. The molecule has 0 amide bonds. The number of halogens is 2. The summed E-state index contributed by atoms with van der Waals surface area (Å²) in [5.74, 6) is -2.82. The van der Waals surface area contributed by atoms with Crippen molar-refractivity contribution in [3.05, 3.63) is 23.8 Å². The molecule has 1 fully saturated rings. The summed E-state index contributed by atoms with van der Waals surface area (Å²) in [7, 11) is 1.06. The Morgan fingerprint density at radius 1 is 1.39 bits per heavy atom. The van der Waals surface area contributed by atoms with Gasteiger partial charge in [0.1, 0.15) is 5.83 Å². The van der Waals surface area contributed by atoms with Crippen molar-refractivity contribution in [1.82, 2.24) is 0 Å². The standard InChI is InChI=1S/C17H20F2O4/c1-6-8-11(18)13(7-2)23-16(21)14-10(17(14,3)4)9-12(19)15(20)22-5/h2,8-10,13-14H,6H2,1,3-5H3/b11-8-,12-9-. The van der Waals surface area contributed by atoms with E-state index in [1.54, 1.807) is 20.8 Å². The maximum absolute atomic E-state index is 13.7. The van der Waals surface area contributed by atoms with Crippen LogP contribution in [0.25, 0.3) is 0 Å². The molecule has 0 saturated heterocycles. The van der Waals surface area contributed by atoms with E-state index >= 15 is 0 Å². The lowest BCUT2D eigenvalue weighted by atomic mass is 10.1. The van der Waals surface area contributed by atoms with Gasteiger partial charge in [-0.3, -0.25) is 4.79 Å². The molecule has 0 heterocycles. The highest BCUT2D eigenvalue weighted by atomic mass is 19.1. The second-order valence-electron chi connectivity index (χ2n) is 5.81. The molecule has 0 aromatic heterocycles.